The summed E-state index contributed by atoms with van der Waals surface area (Å²) in [5.74, 6) is 0.887. The fraction of sp³-hybridized carbons (Fsp3) is 0.280. The van der Waals surface area contributed by atoms with Crippen molar-refractivity contribution >= 4 is 18.5 Å². The molecule has 1 aliphatic rings. The Bertz CT molecular complexity index is 737. The van der Waals surface area contributed by atoms with Crippen LogP contribution in [0.15, 0.2) is 91.0 Å². The van der Waals surface area contributed by atoms with Crippen LogP contribution in [0.25, 0.3) is 0 Å². The Hall–Kier alpha value is -1.91. The molecule has 1 saturated carbocycles. The normalized spacial score (nSPS) is 16.0. The van der Waals surface area contributed by atoms with Gasteiger partial charge >= 0.3 is 0 Å². The zero-order chi connectivity index (χ0) is 17.6. The second kappa shape index (κ2) is 8.65. The fourth-order valence-electron chi connectivity index (χ4n) is 4.31. The lowest BCUT2D eigenvalue weighted by Crippen LogP contribution is -2.18. The van der Waals surface area contributed by atoms with E-state index in [-0.39, 0.29) is 0 Å². The van der Waals surface area contributed by atoms with Crippen LogP contribution in [-0.4, -0.2) is 0 Å². The van der Waals surface area contributed by atoms with Gasteiger partial charge in [-0.15, -0.1) is 0 Å². The van der Waals surface area contributed by atoms with E-state index in [1.54, 1.807) is 0 Å². The Morgan fingerprint density at radius 1 is 0.654 bits per heavy atom. The largest absolute Gasteiger partial charge is 0.0622 e. The quantitative estimate of drug-likeness (QED) is 0.445. The van der Waals surface area contributed by atoms with E-state index in [1.807, 2.05) is 0 Å². The molecule has 0 bridgehead atoms. The molecule has 0 nitrogen and oxygen atoms in total. The topological polar surface area (TPSA) is 0 Å². The molecule has 0 saturated heterocycles. The lowest BCUT2D eigenvalue weighted by molar-refractivity contribution is 0.497. The molecule has 132 valence electrons. The monoisotopic (exact) mass is 358 g/mol. The summed E-state index contributed by atoms with van der Waals surface area (Å²) in [7, 11) is -0.407. The van der Waals surface area contributed by atoms with E-state index in [9.17, 15) is 0 Å². The van der Waals surface area contributed by atoms with E-state index in [0.717, 1.165) is 5.92 Å². The maximum atomic E-state index is 2.35. The van der Waals surface area contributed by atoms with Crippen molar-refractivity contribution in [2.24, 2.45) is 5.92 Å². The average molecular weight is 358 g/mol. The third kappa shape index (κ3) is 4.08. The molecule has 1 aliphatic carbocycles. The standard InChI is InChI=1S/C25H27P/c1-4-14-22(15-5-1)25(20-21-12-10-11-13-21)26(23-16-6-2-7-17-23)24-18-8-3-9-19-24/h1-9,14-19,21,25H,10-13,20H2/t25-/m1/s1. The summed E-state index contributed by atoms with van der Waals surface area (Å²) in [4.78, 5) is 0. The molecule has 0 unspecified atom stereocenters. The van der Waals surface area contributed by atoms with Crippen molar-refractivity contribution in [3.8, 4) is 0 Å². The van der Waals surface area contributed by atoms with Gasteiger partial charge in [0.15, 0.2) is 0 Å². The predicted octanol–water partition coefficient (Wildman–Crippen LogP) is 6.44. The lowest BCUT2D eigenvalue weighted by Gasteiger charge is -2.31. The van der Waals surface area contributed by atoms with Gasteiger partial charge in [-0.3, -0.25) is 0 Å². The molecule has 0 amide bonds. The van der Waals surface area contributed by atoms with Gasteiger partial charge in [-0.1, -0.05) is 117 Å². The van der Waals surface area contributed by atoms with Crippen molar-refractivity contribution in [2.75, 3.05) is 0 Å². The third-order valence-corrected chi connectivity index (χ3v) is 8.44. The van der Waals surface area contributed by atoms with Crippen LogP contribution < -0.4 is 10.6 Å². The minimum Gasteiger partial charge on any atom is -0.0622 e. The van der Waals surface area contributed by atoms with Crippen molar-refractivity contribution in [1.82, 2.24) is 0 Å². The van der Waals surface area contributed by atoms with Crippen LogP contribution in [0.3, 0.4) is 0 Å². The molecule has 3 aromatic carbocycles. The highest BCUT2D eigenvalue weighted by atomic mass is 31.1. The molecule has 0 heterocycles. The van der Waals surface area contributed by atoms with Gasteiger partial charge in [-0.05, 0) is 36.4 Å². The van der Waals surface area contributed by atoms with Crippen LogP contribution in [0.1, 0.15) is 43.3 Å². The van der Waals surface area contributed by atoms with E-state index in [0.29, 0.717) is 5.66 Å². The summed E-state index contributed by atoms with van der Waals surface area (Å²) in [5, 5.41) is 3.00. The molecule has 0 spiro atoms. The molecular weight excluding hydrogens is 331 g/mol. The molecular formula is C25H27P. The predicted molar refractivity (Wildman–Crippen MR) is 115 cm³/mol. The van der Waals surface area contributed by atoms with Crippen LogP contribution >= 0.6 is 7.92 Å². The van der Waals surface area contributed by atoms with E-state index in [4.69, 9.17) is 0 Å². The van der Waals surface area contributed by atoms with Crippen LogP contribution in [0, 0.1) is 5.92 Å². The Morgan fingerprint density at radius 3 is 1.62 bits per heavy atom. The average Bonchev–Trinajstić information content (AvgIpc) is 3.23. The summed E-state index contributed by atoms with van der Waals surface area (Å²) < 4.78 is 0. The van der Waals surface area contributed by atoms with Gasteiger partial charge in [0.25, 0.3) is 0 Å². The van der Waals surface area contributed by atoms with E-state index in [2.05, 4.69) is 91.0 Å². The van der Waals surface area contributed by atoms with Crippen molar-refractivity contribution in [1.29, 1.82) is 0 Å². The minimum absolute atomic E-state index is 0.407. The first-order valence-corrected chi connectivity index (χ1v) is 11.3. The Balaban J connectivity index is 1.78. The molecule has 26 heavy (non-hydrogen) atoms. The molecule has 1 fully saturated rings. The van der Waals surface area contributed by atoms with Crippen LogP contribution in [-0.2, 0) is 0 Å². The van der Waals surface area contributed by atoms with Gasteiger partial charge in [-0.2, -0.15) is 0 Å². The first-order chi connectivity index (χ1) is 12.9. The van der Waals surface area contributed by atoms with Gasteiger partial charge in [0.05, 0.1) is 0 Å². The minimum atomic E-state index is -0.407. The van der Waals surface area contributed by atoms with Gasteiger partial charge in [0.2, 0.25) is 0 Å². The van der Waals surface area contributed by atoms with Gasteiger partial charge in [0.1, 0.15) is 0 Å². The fourth-order valence-corrected chi connectivity index (χ4v) is 7.30. The van der Waals surface area contributed by atoms with Gasteiger partial charge < -0.3 is 0 Å². The maximum Gasteiger partial charge on any atom is 0.0125 e. The highest BCUT2D eigenvalue weighted by Gasteiger charge is 2.29. The summed E-state index contributed by atoms with van der Waals surface area (Å²) in [6, 6.07) is 33.7. The first kappa shape index (κ1) is 17.5. The zero-order valence-electron chi connectivity index (χ0n) is 15.3. The van der Waals surface area contributed by atoms with Crippen LogP contribution in [0.5, 0.6) is 0 Å². The molecule has 0 radical (unpaired) electrons. The molecule has 1 heteroatoms. The second-order valence-corrected chi connectivity index (χ2v) is 9.75. The maximum absolute atomic E-state index is 2.35. The van der Waals surface area contributed by atoms with Crippen molar-refractivity contribution in [3.63, 3.8) is 0 Å². The SMILES string of the molecule is c1ccc([C@@H](CC2CCCC2)P(c2ccccc2)c2ccccc2)cc1. The molecule has 3 aromatic rings. The first-order valence-electron chi connectivity index (χ1n) is 9.86. The number of hydrogen-bond acceptors (Lipinski definition) is 0. The summed E-state index contributed by atoms with van der Waals surface area (Å²) >= 11 is 0. The van der Waals surface area contributed by atoms with Gasteiger partial charge in [0, 0.05) is 5.66 Å². The molecule has 0 aromatic heterocycles. The molecule has 1 atom stereocenters. The highest BCUT2D eigenvalue weighted by Crippen LogP contribution is 2.53. The summed E-state index contributed by atoms with van der Waals surface area (Å²) in [6.45, 7) is 0. The summed E-state index contributed by atoms with van der Waals surface area (Å²) in [5.41, 5.74) is 2.11. The number of benzene rings is 3. The number of rotatable bonds is 6. The Labute approximate surface area is 159 Å². The highest BCUT2D eigenvalue weighted by molar-refractivity contribution is 7.73. The number of hydrogen-bond donors (Lipinski definition) is 0. The molecule has 0 aliphatic heterocycles. The lowest BCUT2D eigenvalue weighted by atomic mass is 9.98. The Morgan fingerprint density at radius 2 is 1.12 bits per heavy atom. The Kier molecular flexibility index (Phi) is 5.82. The zero-order valence-corrected chi connectivity index (χ0v) is 16.2. The van der Waals surface area contributed by atoms with E-state index < -0.39 is 7.92 Å². The van der Waals surface area contributed by atoms with Crippen molar-refractivity contribution < 1.29 is 0 Å². The van der Waals surface area contributed by atoms with Crippen molar-refractivity contribution in [2.45, 2.75) is 37.8 Å². The van der Waals surface area contributed by atoms with Gasteiger partial charge in [-0.25, -0.2) is 0 Å². The van der Waals surface area contributed by atoms with Crippen LogP contribution in [0.4, 0.5) is 0 Å². The van der Waals surface area contributed by atoms with E-state index >= 15 is 0 Å². The molecule has 4 rings (SSSR count). The van der Waals surface area contributed by atoms with Crippen LogP contribution in [0.2, 0.25) is 0 Å². The molecule has 0 N–H and O–H groups in total. The van der Waals surface area contributed by atoms with Crippen molar-refractivity contribution in [3.05, 3.63) is 96.6 Å². The third-order valence-electron chi connectivity index (χ3n) is 5.60. The summed E-state index contributed by atoms with van der Waals surface area (Å²) in [6.07, 6.45) is 6.98. The smallest absolute Gasteiger partial charge is 0.0125 e. The second-order valence-electron chi connectivity index (χ2n) is 7.35. The van der Waals surface area contributed by atoms with E-state index in [1.165, 1.54) is 48.3 Å².